The number of amides is 1. The van der Waals surface area contributed by atoms with Crippen LogP contribution in [-0.2, 0) is 4.79 Å². The maximum atomic E-state index is 12.2. The minimum absolute atomic E-state index is 0.0357. The number of hydrogen-bond donors (Lipinski definition) is 1. The van der Waals surface area contributed by atoms with E-state index in [9.17, 15) is 4.79 Å². The standard InChI is InChI=1S/C13H24N2O2/c1-5-8-15-11(6-10-16)12(17)14(4)9-7-13(15,2)3/h5,11,16H,1,6-10H2,2-4H3. The summed E-state index contributed by atoms with van der Waals surface area (Å²) >= 11 is 0. The normalized spacial score (nSPS) is 25.8. The Morgan fingerprint density at radius 2 is 2.24 bits per heavy atom. The molecule has 1 saturated heterocycles. The third-order valence-electron chi connectivity index (χ3n) is 3.60. The zero-order valence-electron chi connectivity index (χ0n) is 11.1. The van der Waals surface area contributed by atoms with Gasteiger partial charge in [0.25, 0.3) is 0 Å². The van der Waals surface area contributed by atoms with Crippen molar-refractivity contribution < 1.29 is 9.90 Å². The first-order valence-corrected chi connectivity index (χ1v) is 6.17. The van der Waals surface area contributed by atoms with Gasteiger partial charge in [-0.25, -0.2) is 0 Å². The van der Waals surface area contributed by atoms with E-state index in [0.717, 1.165) is 13.0 Å². The summed E-state index contributed by atoms with van der Waals surface area (Å²) in [5.41, 5.74) is -0.0472. The van der Waals surface area contributed by atoms with E-state index in [-0.39, 0.29) is 24.1 Å². The van der Waals surface area contributed by atoms with Gasteiger partial charge in [-0.15, -0.1) is 6.58 Å². The van der Waals surface area contributed by atoms with Gasteiger partial charge in [0.1, 0.15) is 0 Å². The van der Waals surface area contributed by atoms with Crippen molar-refractivity contribution in [2.75, 3.05) is 26.7 Å². The third-order valence-corrected chi connectivity index (χ3v) is 3.60. The molecule has 0 aromatic carbocycles. The van der Waals surface area contributed by atoms with E-state index in [1.165, 1.54) is 0 Å². The third kappa shape index (κ3) is 3.07. The highest BCUT2D eigenvalue weighted by molar-refractivity contribution is 5.82. The molecule has 17 heavy (non-hydrogen) atoms. The van der Waals surface area contributed by atoms with E-state index < -0.39 is 0 Å². The molecule has 1 amide bonds. The highest BCUT2D eigenvalue weighted by Crippen LogP contribution is 2.27. The quantitative estimate of drug-likeness (QED) is 0.741. The second-order valence-corrected chi connectivity index (χ2v) is 5.29. The molecule has 0 spiro atoms. The van der Waals surface area contributed by atoms with Gasteiger partial charge in [-0.2, -0.15) is 0 Å². The second kappa shape index (κ2) is 5.65. The number of carbonyl (C=O) groups is 1. The Morgan fingerprint density at radius 3 is 2.76 bits per heavy atom. The Labute approximate surface area is 104 Å². The molecule has 0 aromatic rings. The van der Waals surface area contributed by atoms with Crippen molar-refractivity contribution in [3.8, 4) is 0 Å². The lowest BCUT2D eigenvalue weighted by atomic mass is 9.96. The van der Waals surface area contributed by atoms with E-state index in [1.54, 1.807) is 4.90 Å². The minimum Gasteiger partial charge on any atom is -0.396 e. The molecule has 0 radical (unpaired) electrons. The van der Waals surface area contributed by atoms with E-state index >= 15 is 0 Å². The molecule has 1 aliphatic heterocycles. The van der Waals surface area contributed by atoms with E-state index in [2.05, 4.69) is 25.3 Å². The van der Waals surface area contributed by atoms with Gasteiger partial charge in [-0.05, 0) is 26.7 Å². The van der Waals surface area contributed by atoms with Crippen molar-refractivity contribution in [1.29, 1.82) is 0 Å². The van der Waals surface area contributed by atoms with Gasteiger partial charge in [0.05, 0.1) is 6.04 Å². The van der Waals surface area contributed by atoms with E-state index in [4.69, 9.17) is 5.11 Å². The minimum atomic E-state index is -0.236. The zero-order chi connectivity index (χ0) is 13.1. The Balaban J connectivity index is 3.02. The lowest BCUT2D eigenvalue weighted by Crippen LogP contribution is -2.52. The van der Waals surface area contributed by atoms with Crippen LogP contribution in [0.1, 0.15) is 26.7 Å². The number of aliphatic hydroxyl groups is 1. The molecule has 0 aliphatic carbocycles. The first kappa shape index (κ1) is 14.2. The number of rotatable bonds is 4. The highest BCUT2D eigenvalue weighted by Gasteiger charge is 2.39. The lowest BCUT2D eigenvalue weighted by Gasteiger charge is -2.40. The number of likely N-dealkylation sites (N-methyl/N-ethyl adjacent to an activating group) is 1. The fourth-order valence-electron chi connectivity index (χ4n) is 2.42. The zero-order valence-corrected chi connectivity index (χ0v) is 11.1. The van der Waals surface area contributed by atoms with Crippen LogP contribution >= 0.6 is 0 Å². The second-order valence-electron chi connectivity index (χ2n) is 5.29. The van der Waals surface area contributed by atoms with Gasteiger partial charge < -0.3 is 10.0 Å². The molecule has 1 rings (SSSR count). The van der Waals surface area contributed by atoms with Crippen LogP contribution in [-0.4, -0.2) is 59.1 Å². The van der Waals surface area contributed by atoms with Gasteiger partial charge in [-0.1, -0.05) is 6.08 Å². The van der Waals surface area contributed by atoms with Crippen molar-refractivity contribution in [1.82, 2.24) is 9.80 Å². The molecule has 0 bridgehead atoms. The number of aliphatic hydroxyl groups excluding tert-OH is 1. The van der Waals surface area contributed by atoms with Gasteiger partial charge in [0, 0.05) is 32.3 Å². The molecule has 1 unspecified atom stereocenters. The van der Waals surface area contributed by atoms with Gasteiger partial charge in [-0.3, -0.25) is 9.69 Å². The van der Waals surface area contributed by atoms with Crippen molar-refractivity contribution in [3.05, 3.63) is 12.7 Å². The maximum Gasteiger partial charge on any atom is 0.239 e. The highest BCUT2D eigenvalue weighted by atomic mass is 16.3. The summed E-state index contributed by atoms with van der Waals surface area (Å²) in [4.78, 5) is 16.2. The van der Waals surface area contributed by atoms with Crippen LogP contribution in [0.5, 0.6) is 0 Å². The van der Waals surface area contributed by atoms with Crippen LogP contribution in [0.3, 0.4) is 0 Å². The maximum absolute atomic E-state index is 12.2. The summed E-state index contributed by atoms with van der Waals surface area (Å²) in [6.07, 6.45) is 3.25. The fourth-order valence-corrected chi connectivity index (χ4v) is 2.42. The van der Waals surface area contributed by atoms with Crippen LogP contribution < -0.4 is 0 Å². The van der Waals surface area contributed by atoms with Crippen LogP contribution in [0, 0.1) is 0 Å². The molecular weight excluding hydrogens is 216 g/mol. The fraction of sp³-hybridized carbons (Fsp3) is 0.769. The number of hydrogen-bond acceptors (Lipinski definition) is 3. The molecule has 0 aromatic heterocycles. The summed E-state index contributed by atoms with van der Waals surface area (Å²) in [6, 6.07) is -0.236. The molecular formula is C13H24N2O2. The summed E-state index contributed by atoms with van der Waals surface area (Å²) in [5, 5.41) is 9.15. The Hall–Kier alpha value is -0.870. The molecule has 98 valence electrons. The van der Waals surface area contributed by atoms with Gasteiger partial charge in [0.2, 0.25) is 5.91 Å². The summed E-state index contributed by atoms with van der Waals surface area (Å²) in [5.74, 6) is 0.103. The molecule has 4 heteroatoms. The van der Waals surface area contributed by atoms with Crippen molar-refractivity contribution in [2.45, 2.75) is 38.3 Å². The largest absolute Gasteiger partial charge is 0.396 e. The first-order chi connectivity index (χ1) is 7.94. The lowest BCUT2D eigenvalue weighted by molar-refractivity contribution is -0.135. The van der Waals surface area contributed by atoms with Crippen molar-refractivity contribution >= 4 is 5.91 Å². The Morgan fingerprint density at radius 1 is 1.59 bits per heavy atom. The first-order valence-electron chi connectivity index (χ1n) is 6.17. The van der Waals surface area contributed by atoms with Crippen LogP contribution in [0.4, 0.5) is 0 Å². The smallest absolute Gasteiger partial charge is 0.239 e. The topological polar surface area (TPSA) is 43.8 Å². The predicted octanol–water partition coefficient (Wildman–Crippen LogP) is 0.866. The van der Waals surface area contributed by atoms with Crippen LogP contribution in [0.15, 0.2) is 12.7 Å². The molecule has 0 saturated carbocycles. The molecule has 1 aliphatic rings. The summed E-state index contributed by atoms with van der Waals surface area (Å²) < 4.78 is 0. The Kier molecular flexibility index (Phi) is 4.71. The van der Waals surface area contributed by atoms with Crippen LogP contribution in [0.25, 0.3) is 0 Å². The molecule has 1 heterocycles. The van der Waals surface area contributed by atoms with Crippen molar-refractivity contribution in [2.24, 2.45) is 0 Å². The number of nitrogens with zero attached hydrogens (tertiary/aromatic N) is 2. The van der Waals surface area contributed by atoms with Gasteiger partial charge >= 0.3 is 0 Å². The molecule has 4 nitrogen and oxygen atoms in total. The molecule has 1 fully saturated rings. The average molecular weight is 240 g/mol. The Bertz CT molecular complexity index is 289. The summed E-state index contributed by atoms with van der Waals surface area (Å²) in [6.45, 7) is 9.53. The van der Waals surface area contributed by atoms with Gasteiger partial charge in [0.15, 0.2) is 0 Å². The van der Waals surface area contributed by atoms with E-state index in [0.29, 0.717) is 13.0 Å². The van der Waals surface area contributed by atoms with Crippen molar-refractivity contribution in [3.63, 3.8) is 0 Å². The van der Waals surface area contributed by atoms with E-state index in [1.807, 2.05) is 13.1 Å². The van der Waals surface area contributed by atoms with Crippen LogP contribution in [0.2, 0.25) is 0 Å². The molecule has 1 atom stereocenters. The summed E-state index contributed by atoms with van der Waals surface area (Å²) in [7, 11) is 1.83. The average Bonchev–Trinajstić information content (AvgIpc) is 2.35. The molecule has 1 N–H and O–H groups in total. The SMILES string of the molecule is C=CCN1C(CCO)C(=O)N(C)CCC1(C)C. The number of carbonyl (C=O) groups excluding carboxylic acids is 1. The monoisotopic (exact) mass is 240 g/mol. The predicted molar refractivity (Wildman–Crippen MR) is 68.7 cm³/mol.